The second-order valence-corrected chi connectivity index (χ2v) is 3.38. The molecule has 0 bridgehead atoms. The first-order valence-corrected chi connectivity index (χ1v) is 5.73. The molecule has 0 radical (unpaired) electrons. The summed E-state index contributed by atoms with van der Waals surface area (Å²) in [6, 6.07) is 1.25. The van der Waals surface area contributed by atoms with Gasteiger partial charge in [-0.3, -0.25) is 10.1 Å². The van der Waals surface area contributed by atoms with E-state index in [1.54, 1.807) is 6.92 Å². The van der Waals surface area contributed by atoms with Gasteiger partial charge in [-0.25, -0.2) is 4.39 Å². The lowest BCUT2D eigenvalue weighted by Gasteiger charge is -2.08. The highest BCUT2D eigenvalue weighted by Gasteiger charge is 2.22. The lowest BCUT2D eigenvalue weighted by atomic mass is 10.1. The molecule has 0 unspecified atom stereocenters. The summed E-state index contributed by atoms with van der Waals surface area (Å²) in [5.74, 6) is -0.773. The topological polar surface area (TPSA) is 55.2 Å². The molecule has 17 heavy (non-hydrogen) atoms. The standard InChI is InChI=1S/C9H10ClFN2O2.C2H6/c1-3-12-9-6(13(14)15)4-5(2)7(10)8(9)11;1-2/h4,12H,3H2,1-2H3;1-2H3. The molecule has 6 heteroatoms. The SMILES string of the molecule is CC.CCNc1c([N+](=O)[O-])cc(C)c(Cl)c1F. The zero-order valence-electron chi connectivity index (χ0n) is 10.3. The zero-order chi connectivity index (χ0) is 13.6. The van der Waals surface area contributed by atoms with Gasteiger partial charge in [-0.15, -0.1) is 0 Å². The molecule has 0 aromatic heterocycles. The van der Waals surface area contributed by atoms with Crippen LogP contribution in [-0.4, -0.2) is 11.5 Å². The molecule has 1 aromatic carbocycles. The van der Waals surface area contributed by atoms with Crippen LogP contribution < -0.4 is 5.32 Å². The Hall–Kier alpha value is -1.36. The Morgan fingerprint density at radius 3 is 2.47 bits per heavy atom. The maximum absolute atomic E-state index is 13.6. The van der Waals surface area contributed by atoms with E-state index in [9.17, 15) is 14.5 Å². The van der Waals surface area contributed by atoms with E-state index >= 15 is 0 Å². The highest BCUT2D eigenvalue weighted by molar-refractivity contribution is 6.32. The van der Waals surface area contributed by atoms with E-state index in [-0.39, 0.29) is 16.4 Å². The Morgan fingerprint density at radius 1 is 1.53 bits per heavy atom. The monoisotopic (exact) mass is 262 g/mol. The van der Waals surface area contributed by atoms with Gasteiger partial charge in [0, 0.05) is 12.6 Å². The number of nitrogens with zero attached hydrogens (tertiary/aromatic N) is 1. The summed E-state index contributed by atoms with van der Waals surface area (Å²) in [6.07, 6.45) is 0. The van der Waals surface area contributed by atoms with Gasteiger partial charge in [0.1, 0.15) is 0 Å². The van der Waals surface area contributed by atoms with E-state index in [1.165, 1.54) is 13.0 Å². The molecular weight excluding hydrogens is 247 g/mol. The number of rotatable bonds is 3. The number of hydrogen-bond donors (Lipinski definition) is 1. The molecule has 0 aliphatic carbocycles. The zero-order valence-corrected chi connectivity index (χ0v) is 11.1. The Morgan fingerprint density at radius 2 is 2.06 bits per heavy atom. The molecule has 0 amide bonds. The molecule has 0 spiro atoms. The molecule has 0 heterocycles. The van der Waals surface area contributed by atoms with Crippen LogP contribution in [0.2, 0.25) is 5.02 Å². The minimum absolute atomic E-state index is 0.0865. The lowest BCUT2D eigenvalue weighted by Crippen LogP contribution is -2.05. The van der Waals surface area contributed by atoms with Gasteiger partial charge in [0.15, 0.2) is 11.5 Å². The summed E-state index contributed by atoms with van der Waals surface area (Å²) in [6.45, 7) is 7.63. The smallest absolute Gasteiger partial charge is 0.295 e. The largest absolute Gasteiger partial charge is 0.377 e. The van der Waals surface area contributed by atoms with Gasteiger partial charge >= 0.3 is 0 Å². The fourth-order valence-corrected chi connectivity index (χ4v) is 1.37. The molecular formula is C11H16ClFN2O2. The Labute approximate surface area is 105 Å². The molecule has 1 N–H and O–H groups in total. The summed E-state index contributed by atoms with van der Waals surface area (Å²) in [7, 11) is 0. The maximum atomic E-state index is 13.6. The van der Waals surface area contributed by atoms with Crippen LogP contribution in [0.5, 0.6) is 0 Å². The fourth-order valence-electron chi connectivity index (χ4n) is 1.22. The summed E-state index contributed by atoms with van der Waals surface area (Å²) in [4.78, 5) is 10.0. The number of nitrogens with one attached hydrogen (secondary N) is 1. The summed E-state index contributed by atoms with van der Waals surface area (Å²) in [5, 5.41) is 13.2. The predicted molar refractivity (Wildman–Crippen MR) is 68.3 cm³/mol. The van der Waals surface area contributed by atoms with Crippen molar-refractivity contribution in [1.82, 2.24) is 0 Å². The molecule has 0 saturated heterocycles. The third kappa shape index (κ3) is 3.56. The first-order valence-electron chi connectivity index (χ1n) is 5.35. The normalized spacial score (nSPS) is 9.29. The van der Waals surface area contributed by atoms with Crippen molar-refractivity contribution in [3.05, 3.63) is 32.6 Å². The van der Waals surface area contributed by atoms with Crippen molar-refractivity contribution >= 4 is 23.0 Å². The van der Waals surface area contributed by atoms with Gasteiger partial charge in [0.05, 0.1) is 9.95 Å². The third-order valence-corrected chi connectivity index (χ3v) is 2.38. The Balaban J connectivity index is 0.00000121. The molecule has 0 saturated carbocycles. The molecule has 0 atom stereocenters. The van der Waals surface area contributed by atoms with E-state index in [0.29, 0.717) is 12.1 Å². The first-order chi connectivity index (χ1) is 7.99. The van der Waals surface area contributed by atoms with Gasteiger partial charge in [-0.1, -0.05) is 25.4 Å². The number of nitro benzene ring substituents is 1. The third-order valence-electron chi connectivity index (χ3n) is 1.92. The number of nitro groups is 1. The quantitative estimate of drug-likeness (QED) is 0.657. The maximum Gasteiger partial charge on any atom is 0.295 e. The molecule has 4 nitrogen and oxygen atoms in total. The van der Waals surface area contributed by atoms with E-state index in [2.05, 4.69) is 5.32 Å². The highest BCUT2D eigenvalue weighted by Crippen LogP contribution is 2.34. The van der Waals surface area contributed by atoms with Crippen molar-refractivity contribution in [2.75, 3.05) is 11.9 Å². The number of aryl methyl sites for hydroxylation is 1. The van der Waals surface area contributed by atoms with Crippen molar-refractivity contribution < 1.29 is 9.31 Å². The summed E-state index contributed by atoms with van der Waals surface area (Å²) in [5.41, 5.74) is -0.100. The van der Waals surface area contributed by atoms with Crippen molar-refractivity contribution in [3.63, 3.8) is 0 Å². The minimum atomic E-state index is -0.773. The lowest BCUT2D eigenvalue weighted by molar-refractivity contribution is -0.384. The van der Waals surface area contributed by atoms with E-state index in [1.807, 2.05) is 13.8 Å². The molecule has 1 rings (SSSR count). The van der Waals surface area contributed by atoms with Crippen LogP contribution in [0.1, 0.15) is 26.3 Å². The predicted octanol–water partition coefficient (Wildman–Crippen LogP) is 4.15. The second kappa shape index (κ2) is 7.06. The van der Waals surface area contributed by atoms with Crippen LogP contribution in [0, 0.1) is 22.9 Å². The Kier molecular flexibility index (Phi) is 6.50. The molecule has 0 aliphatic heterocycles. The van der Waals surface area contributed by atoms with Gasteiger partial charge < -0.3 is 5.32 Å². The molecule has 1 aromatic rings. The van der Waals surface area contributed by atoms with Gasteiger partial charge in [0.25, 0.3) is 5.69 Å². The molecule has 0 fully saturated rings. The van der Waals surface area contributed by atoms with E-state index < -0.39 is 10.7 Å². The minimum Gasteiger partial charge on any atom is -0.377 e. The average Bonchev–Trinajstić information content (AvgIpc) is 2.32. The van der Waals surface area contributed by atoms with Crippen molar-refractivity contribution in [2.24, 2.45) is 0 Å². The molecule has 0 aliphatic rings. The number of anilines is 1. The van der Waals surface area contributed by atoms with Crippen LogP contribution >= 0.6 is 11.6 Å². The fraction of sp³-hybridized carbons (Fsp3) is 0.455. The number of hydrogen-bond acceptors (Lipinski definition) is 3. The molecule has 96 valence electrons. The summed E-state index contributed by atoms with van der Waals surface area (Å²) >= 11 is 5.66. The average molecular weight is 263 g/mol. The van der Waals surface area contributed by atoms with Crippen LogP contribution in [0.3, 0.4) is 0 Å². The first kappa shape index (κ1) is 15.6. The van der Waals surface area contributed by atoms with Crippen LogP contribution in [-0.2, 0) is 0 Å². The van der Waals surface area contributed by atoms with Gasteiger partial charge in [-0.2, -0.15) is 0 Å². The van der Waals surface area contributed by atoms with Crippen LogP contribution in [0.4, 0.5) is 15.8 Å². The Bertz CT molecular complexity index is 411. The van der Waals surface area contributed by atoms with Crippen molar-refractivity contribution in [1.29, 1.82) is 0 Å². The second-order valence-electron chi connectivity index (χ2n) is 3.00. The van der Waals surface area contributed by atoms with Gasteiger partial charge in [-0.05, 0) is 19.4 Å². The van der Waals surface area contributed by atoms with Crippen LogP contribution in [0.15, 0.2) is 6.07 Å². The number of halogens is 2. The highest BCUT2D eigenvalue weighted by atomic mass is 35.5. The summed E-state index contributed by atoms with van der Waals surface area (Å²) < 4.78 is 13.6. The van der Waals surface area contributed by atoms with Gasteiger partial charge in [0.2, 0.25) is 0 Å². The van der Waals surface area contributed by atoms with Crippen molar-refractivity contribution in [2.45, 2.75) is 27.7 Å². The van der Waals surface area contributed by atoms with E-state index in [4.69, 9.17) is 11.6 Å². The van der Waals surface area contributed by atoms with Crippen molar-refractivity contribution in [3.8, 4) is 0 Å². The van der Waals surface area contributed by atoms with E-state index in [0.717, 1.165) is 0 Å². The number of benzene rings is 1. The van der Waals surface area contributed by atoms with Crippen LogP contribution in [0.25, 0.3) is 0 Å².